The number of hydrogen-bond acceptors (Lipinski definition) is 4. The van der Waals surface area contributed by atoms with Crippen LogP contribution in [0.4, 0.5) is 0 Å². The minimum Gasteiger partial charge on any atom is -0.396 e. The van der Waals surface area contributed by atoms with Crippen LogP contribution >= 0.6 is 0 Å². The molecular formula is C9H19NO4S. The number of likely N-dealkylation sites (tertiary alicyclic amines) is 1. The maximum Gasteiger partial charge on any atom is 0.280 e. The van der Waals surface area contributed by atoms with Gasteiger partial charge in [0, 0.05) is 12.6 Å². The molecule has 0 amide bonds. The van der Waals surface area contributed by atoms with Gasteiger partial charge in [-0.25, -0.2) is 0 Å². The number of nitrogens with zero attached hydrogens (tertiary/aromatic N) is 1. The predicted octanol–water partition coefficient (Wildman–Crippen LogP) is 0.457. The summed E-state index contributed by atoms with van der Waals surface area (Å²) in [7, 11) is -4.01. The van der Waals surface area contributed by atoms with Gasteiger partial charge in [0.05, 0.1) is 0 Å². The van der Waals surface area contributed by atoms with E-state index in [2.05, 4.69) is 0 Å². The van der Waals surface area contributed by atoms with Gasteiger partial charge in [-0.3, -0.25) is 9.45 Å². The van der Waals surface area contributed by atoms with Crippen LogP contribution in [0.15, 0.2) is 0 Å². The standard InChI is InChI=1S/C9H19NO4S/c1-8(15(12,13)14)10-6-3-2-4-9(10)5-7-11/h8-9,11H,2-7H2,1H3,(H,12,13,14). The van der Waals surface area contributed by atoms with Crippen LogP contribution in [-0.2, 0) is 10.1 Å². The van der Waals surface area contributed by atoms with Crippen molar-refractivity contribution in [1.82, 2.24) is 4.90 Å². The second-order valence-electron chi connectivity index (χ2n) is 4.01. The summed E-state index contributed by atoms with van der Waals surface area (Å²) in [5.41, 5.74) is 0. The Kier molecular flexibility index (Phi) is 4.51. The van der Waals surface area contributed by atoms with Crippen LogP contribution in [0.1, 0.15) is 32.6 Å². The smallest absolute Gasteiger partial charge is 0.280 e. The Bertz CT molecular complexity index is 288. The minimum atomic E-state index is -4.01. The number of hydrogen-bond donors (Lipinski definition) is 2. The van der Waals surface area contributed by atoms with E-state index in [-0.39, 0.29) is 12.6 Å². The molecule has 6 heteroatoms. The Hall–Kier alpha value is -0.170. The maximum atomic E-state index is 11.0. The molecule has 0 spiro atoms. The van der Waals surface area contributed by atoms with Crippen molar-refractivity contribution in [2.45, 2.75) is 44.0 Å². The zero-order valence-corrected chi connectivity index (χ0v) is 9.78. The molecule has 2 unspecified atom stereocenters. The van der Waals surface area contributed by atoms with Crippen LogP contribution in [0.3, 0.4) is 0 Å². The fourth-order valence-corrected chi connectivity index (χ4v) is 2.75. The number of aliphatic hydroxyl groups excluding tert-OH is 1. The van der Waals surface area contributed by atoms with E-state index in [1.165, 1.54) is 6.92 Å². The molecule has 0 aromatic carbocycles. The van der Waals surface area contributed by atoms with Gasteiger partial charge < -0.3 is 5.11 Å². The third-order valence-electron chi connectivity index (χ3n) is 3.03. The molecule has 0 aliphatic carbocycles. The van der Waals surface area contributed by atoms with Crippen LogP contribution in [-0.4, -0.2) is 47.5 Å². The summed E-state index contributed by atoms with van der Waals surface area (Å²) < 4.78 is 31.1. The summed E-state index contributed by atoms with van der Waals surface area (Å²) >= 11 is 0. The zero-order chi connectivity index (χ0) is 11.5. The largest absolute Gasteiger partial charge is 0.396 e. The third-order valence-corrected chi connectivity index (χ3v) is 4.17. The van der Waals surface area contributed by atoms with Crippen LogP contribution in [0.2, 0.25) is 0 Å². The summed E-state index contributed by atoms with van der Waals surface area (Å²) in [4.78, 5) is 1.77. The van der Waals surface area contributed by atoms with Gasteiger partial charge in [0.1, 0.15) is 5.37 Å². The molecule has 0 aromatic heterocycles. The van der Waals surface area contributed by atoms with Gasteiger partial charge in [-0.15, -0.1) is 0 Å². The van der Waals surface area contributed by atoms with Crippen molar-refractivity contribution in [1.29, 1.82) is 0 Å². The number of piperidine rings is 1. The Morgan fingerprint density at radius 1 is 1.47 bits per heavy atom. The fraction of sp³-hybridized carbons (Fsp3) is 1.00. The number of rotatable bonds is 4. The summed E-state index contributed by atoms with van der Waals surface area (Å²) in [6.07, 6.45) is 3.46. The molecule has 1 aliphatic rings. The molecule has 0 aromatic rings. The first-order chi connectivity index (χ1) is 6.96. The second kappa shape index (κ2) is 5.25. The molecule has 1 rings (SSSR count). The van der Waals surface area contributed by atoms with Crippen molar-refractivity contribution in [2.75, 3.05) is 13.2 Å². The Morgan fingerprint density at radius 2 is 2.13 bits per heavy atom. The third kappa shape index (κ3) is 3.41. The molecule has 0 bridgehead atoms. The fourth-order valence-electron chi connectivity index (χ4n) is 2.13. The molecule has 1 heterocycles. The highest BCUT2D eigenvalue weighted by atomic mass is 32.2. The first-order valence-corrected chi connectivity index (χ1v) is 6.80. The lowest BCUT2D eigenvalue weighted by Crippen LogP contribution is -2.48. The lowest BCUT2D eigenvalue weighted by molar-refractivity contribution is 0.107. The van der Waals surface area contributed by atoms with E-state index in [0.717, 1.165) is 19.3 Å². The summed E-state index contributed by atoms with van der Waals surface area (Å²) in [6.45, 7) is 2.22. The van der Waals surface area contributed by atoms with E-state index in [1.54, 1.807) is 4.90 Å². The van der Waals surface area contributed by atoms with Gasteiger partial charge in [-0.2, -0.15) is 8.42 Å². The average molecular weight is 237 g/mol. The summed E-state index contributed by atoms with van der Waals surface area (Å²) in [5.74, 6) is 0. The molecule has 0 saturated carbocycles. The number of aliphatic hydroxyl groups is 1. The minimum absolute atomic E-state index is 0.0549. The van der Waals surface area contributed by atoms with Crippen molar-refractivity contribution in [3.8, 4) is 0 Å². The topological polar surface area (TPSA) is 77.8 Å². The van der Waals surface area contributed by atoms with Gasteiger partial charge in [0.15, 0.2) is 0 Å². The quantitative estimate of drug-likeness (QED) is 0.694. The maximum absolute atomic E-state index is 11.0. The summed E-state index contributed by atoms with van der Waals surface area (Å²) in [5, 5.41) is 8.02. The lowest BCUT2D eigenvalue weighted by atomic mass is 10.00. The van der Waals surface area contributed by atoms with Crippen LogP contribution in [0, 0.1) is 0 Å². The first-order valence-electron chi connectivity index (χ1n) is 5.29. The van der Waals surface area contributed by atoms with Gasteiger partial charge in [0.25, 0.3) is 10.1 Å². The predicted molar refractivity (Wildman–Crippen MR) is 57.1 cm³/mol. The van der Waals surface area contributed by atoms with E-state index < -0.39 is 15.5 Å². The molecule has 1 fully saturated rings. The molecule has 2 N–H and O–H groups in total. The Balaban J connectivity index is 2.71. The van der Waals surface area contributed by atoms with Crippen molar-refractivity contribution in [3.63, 3.8) is 0 Å². The molecule has 5 nitrogen and oxygen atoms in total. The normalized spacial score (nSPS) is 26.5. The highest BCUT2D eigenvalue weighted by Crippen LogP contribution is 2.23. The van der Waals surface area contributed by atoms with Gasteiger partial charge in [-0.05, 0) is 32.7 Å². The highest BCUT2D eigenvalue weighted by molar-refractivity contribution is 7.86. The van der Waals surface area contributed by atoms with Gasteiger partial charge >= 0.3 is 0 Å². The van der Waals surface area contributed by atoms with Crippen molar-refractivity contribution >= 4 is 10.1 Å². The lowest BCUT2D eigenvalue weighted by Gasteiger charge is -2.38. The zero-order valence-electron chi connectivity index (χ0n) is 8.96. The van der Waals surface area contributed by atoms with Crippen molar-refractivity contribution in [2.24, 2.45) is 0 Å². The molecule has 1 aliphatic heterocycles. The molecule has 2 atom stereocenters. The molecule has 1 saturated heterocycles. The second-order valence-corrected chi connectivity index (χ2v) is 5.73. The first kappa shape index (κ1) is 12.9. The van der Waals surface area contributed by atoms with E-state index in [0.29, 0.717) is 13.0 Å². The molecule has 90 valence electrons. The molecule has 15 heavy (non-hydrogen) atoms. The van der Waals surface area contributed by atoms with E-state index in [1.807, 2.05) is 0 Å². The SMILES string of the molecule is CC(N1CCCCC1CCO)S(=O)(=O)O. The van der Waals surface area contributed by atoms with Crippen molar-refractivity contribution in [3.05, 3.63) is 0 Å². The Labute approximate surface area is 90.8 Å². The molecule has 0 radical (unpaired) electrons. The van der Waals surface area contributed by atoms with Crippen LogP contribution in [0.5, 0.6) is 0 Å². The van der Waals surface area contributed by atoms with Gasteiger partial charge in [-0.1, -0.05) is 6.42 Å². The Morgan fingerprint density at radius 3 is 2.67 bits per heavy atom. The molecular weight excluding hydrogens is 218 g/mol. The van der Waals surface area contributed by atoms with Crippen LogP contribution in [0.25, 0.3) is 0 Å². The summed E-state index contributed by atoms with van der Waals surface area (Å²) in [6, 6.07) is 0.0701. The van der Waals surface area contributed by atoms with Crippen LogP contribution < -0.4 is 0 Å². The van der Waals surface area contributed by atoms with Crippen molar-refractivity contribution < 1.29 is 18.1 Å². The van der Waals surface area contributed by atoms with E-state index >= 15 is 0 Å². The average Bonchev–Trinajstić information content (AvgIpc) is 2.17. The van der Waals surface area contributed by atoms with Gasteiger partial charge in [0.2, 0.25) is 0 Å². The monoisotopic (exact) mass is 237 g/mol. The highest BCUT2D eigenvalue weighted by Gasteiger charge is 2.32. The van der Waals surface area contributed by atoms with E-state index in [9.17, 15) is 8.42 Å². The van der Waals surface area contributed by atoms with E-state index in [4.69, 9.17) is 9.66 Å².